The van der Waals surface area contributed by atoms with Crippen molar-refractivity contribution in [3.8, 4) is 0 Å². The molecule has 0 N–H and O–H groups in total. The second kappa shape index (κ2) is 10.6. The van der Waals surface area contributed by atoms with Gasteiger partial charge in [-0.2, -0.15) is 0 Å². The molecule has 0 aliphatic carbocycles. The van der Waals surface area contributed by atoms with Gasteiger partial charge in [0.25, 0.3) is 11.8 Å². The molecule has 0 aromatic heterocycles. The number of benzene rings is 4. The number of rotatable bonds is 4. The monoisotopic (exact) mass is 548 g/mol. The van der Waals surface area contributed by atoms with Crippen LogP contribution in [0.2, 0.25) is 15.1 Å². The van der Waals surface area contributed by atoms with Gasteiger partial charge in [-0.05, 0) is 79.6 Å². The Hall–Kier alpha value is -3.31. The molecule has 1 aliphatic heterocycles. The predicted octanol–water partition coefficient (Wildman–Crippen LogP) is 8.47. The van der Waals surface area contributed by atoms with E-state index in [0.717, 1.165) is 16.9 Å². The van der Waals surface area contributed by atoms with Gasteiger partial charge >= 0.3 is 0 Å². The standard InChI is InChI=1S/C30H23Cl3N2O2/c1-19-17-28(24-9-5-6-10-27(24)34(19)29(36)20-11-14-22(31)15-12-20)35(23-7-3-2-4-8-23)30(37)21-13-16-25(32)26(33)18-21/h2-16,18-19,28H,17H2,1H3. The molecule has 4 nitrogen and oxygen atoms in total. The SMILES string of the molecule is CC1CC(N(C(=O)c2ccc(Cl)c(Cl)c2)c2ccccc2)c2ccccc2N1C(=O)c1ccc(Cl)cc1. The van der Waals surface area contributed by atoms with Gasteiger partial charge in [-0.25, -0.2) is 0 Å². The third kappa shape index (κ3) is 4.97. The normalized spacial score (nSPS) is 16.7. The summed E-state index contributed by atoms with van der Waals surface area (Å²) in [5.74, 6) is -0.314. The first kappa shape index (κ1) is 25.3. The topological polar surface area (TPSA) is 40.6 Å². The number of hydrogen-bond acceptors (Lipinski definition) is 2. The fourth-order valence-corrected chi connectivity index (χ4v) is 5.29. The summed E-state index contributed by atoms with van der Waals surface area (Å²) in [5.41, 5.74) is 3.40. The molecular formula is C30H23Cl3N2O2. The van der Waals surface area contributed by atoms with Crippen LogP contribution in [0.15, 0.2) is 97.1 Å². The summed E-state index contributed by atoms with van der Waals surface area (Å²) in [6.07, 6.45) is 0.540. The van der Waals surface area contributed by atoms with Crippen LogP contribution in [0.1, 0.15) is 45.7 Å². The molecule has 0 saturated heterocycles. The third-order valence-electron chi connectivity index (χ3n) is 6.60. The van der Waals surface area contributed by atoms with Gasteiger partial charge in [-0.3, -0.25) is 9.59 Å². The Kier molecular flexibility index (Phi) is 7.25. The summed E-state index contributed by atoms with van der Waals surface area (Å²) in [7, 11) is 0. The Morgan fingerprint density at radius 3 is 2.14 bits per heavy atom. The van der Waals surface area contributed by atoms with Crippen LogP contribution in [0.25, 0.3) is 0 Å². The third-order valence-corrected chi connectivity index (χ3v) is 7.59. The summed E-state index contributed by atoms with van der Waals surface area (Å²) in [4.78, 5) is 31.3. The molecule has 4 aromatic carbocycles. The smallest absolute Gasteiger partial charge is 0.258 e. The Morgan fingerprint density at radius 1 is 0.784 bits per heavy atom. The average Bonchev–Trinajstić information content (AvgIpc) is 2.91. The summed E-state index contributed by atoms with van der Waals surface area (Å²) in [6, 6.07) is 28.6. The molecule has 2 atom stereocenters. The molecule has 4 aromatic rings. The molecule has 186 valence electrons. The highest BCUT2D eigenvalue weighted by molar-refractivity contribution is 6.42. The lowest BCUT2D eigenvalue weighted by Gasteiger charge is -2.43. The maximum Gasteiger partial charge on any atom is 0.258 e. The van der Waals surface area contributed by atoms with Crippen molar-refractivity contribution in [1.82, 2.24) is 0 Å². The first-order valence-corrected chi connectivity index (χ1v) is 13.0. The number of carbonyl (C=O) groups is 2. The first-order chi connectivity index (χ1) is 17.8. The molecule has 0 radical (unpaired) electrons. The lowest BCUT2D eigenvalue weighted by Crippen LogP contribution is -2.47. The molecular weight excluding hydrogens is 527 g/mol. The minimum atomic E-state index is -0.315. The fourth-order valence-electron chi connectivity index (χ4n) is 4.86. The molecule has 0 spiro atoms. The number of para-hydroxylation sites is 2. The minimum Gasteiger partial charge on any atom is -0.305 e. The summed E-state index contributed by atoms with van der Waals surface area (Å²) < 4.78 is 0. The van der Waals surface area contributed by atoms with Crippen molar-refractivity contribution in [2.75, 3.05) is 9.80 Å². The van der Waals surface area contributed by atoms with Crippen molar-refractivity contribution in [2.45, 2.75) is 25.4 Å². The van der Waals surface area contributed by atoms with Gasteiger partial charge in [0.2, 0.25) is 0 Å². The van der Waals surface area contributed by atoms with Crippen molar-refractivity contribution in [3.05, 3.63) is 129 Å². The lowest BCUT2D eigenvalue weighted by atomic mass is 9.89. The summed E-state index contributed by atoms with van der Waals surface area (Å²) in [5, 5.41) is 1.28. The van der Waals surface area contributed by atoms with Gasteiger partial charge in [-0.1, -0.05) is 71.2 Å². The van der Waals surface area contributed by atoms with Crippen LogP contribution in [0.3, 0.4) is 0 Å². The molecule has 1 aliphatic rings. The van der Waals surface area contributed by atoms with Gasteiger partial charge in [0.15, 0.2) is 0 Å². The molecule has 0 saturated carbocycles. The lowest BCUT2D eigenvalue weighted by molar-refractivity contribution is 0.0965. The quantitative estimate of drug-likeness (QED) is 0.256. The van der Waals surface area contributed by atoms with E-state index in [-0.39, 0.29) is 23.9 Å². The summed E-state index contributed by atoms with van der Waals surface area (Å²) in [6.45, 7) is 2.00. The Balaban J connectivity index is 1.60. The molecule has 2 unspecified atom stereocenters. The summed E-state index contributed by atoms with van der Waals surface area (Å²) >= 11 is 18.4. The molecule has 5 rings (SSSR count). The highest BCUT2D eigenvalue weighted by Crippen LogP contribution is 2.43. The Labute approximate surface area is 231 Å². The molecule has 2 amide bonds. The van der Waals surface area contributed by atoms with E-state index in [1.165, 1.54) is 0 Å². The zero-order valence-electron chi connectivity index (χ0n) is 19.9. The van der Waals surface area contributed by atoms with Crippen molar-refractivity contribution in [1.29, 1.82) is 0 Å². The molecule has 0 bridgehead atoms. The van der Waals surface area contributed by atoms with Gasteiger partial charge < -0.3 is 9.80 Å². The van der Waals surface area contributed by atoms with E-state index in [1.54, 1.807) is 47.4 Å². The fraction of sp³-hybridized carbons (Fsp3) is 0.133. The van der Waals surface area contributed by atoms with E-state index in [0.29, 0.717) is 32.6 Å². The zero-order chi connectivity index (χ0) is 26.1. The Bertz CT molecular complexity index is 1460. The van der Waals surface area contributed by atoms with Gasteiger partial charge in [0.1, 0.15) is 0 Å². The van der Waals surface area contributed by atoms with E-state index >= 15 is 0 Å². The van der Waals surface area contributed by atoms with Crippen molar-refractivity contribution in [2.24, 2.45) is 0 Å². The highest BCUT2D eigenvalue weighted by Gasteiger charge is 2.39. The molecule has 7 heteroatoms. The molecule has 0 fully saturated rings. The van der Waals surface area contributed by atoms with E-state index in [2.05, 4.69) is 0 Å². The van der Waals surface area contributed by atoms with Crippen LogP contribution in [0.4, 0.5) is 11.4 Å². The maximum absolute atomic E-state index is 14.0. The first-order valence-electron chi connectivity index (χ1n) is 11.9. The number of amides is 2. The second-order valence-electron chi connectivity index (χ2n) is 8.98. The molecule has 1 heterocycles. The van der Waals surface area contributed by atoms with E-state index in [1.807, 2.05) is 66.4 Å². The number of fused-ring (bicyclic) bond motifs is 1. The van der Waals surface area contributed by atoms with E-state index in [9.17, 15) is 9.59 Å². The minimum absolute atomic E-state index is 0.114. The van der Waals surface area contributed by atoms with Crippen LogP contribution in [0, 0.1) is 0 Å². The van der Waals surface area contributed by atoms with Crippen molar-refractivity contribution in [3.63, 3.8) is 0 Å². The number of nitrogens with zero attached hydrogens (tertiary/aromatic N) is 2. The number of halogens is 3. The van der Waals surface area contributed by atoms with E-state index in [4.69, 9.17) is 34.8 Å². The highest BCUT2D eigenvalue weighted by atomic mass is 35.5. The number of anilines is 2. The number of carbonyl (C=O) groups excluding carboxylic acids is 2. The van der Waals surface area contributed by atoms with Gasteiger partial charge in [0, 0.05) is 33.6 Å². The molecule has 37 heavy (non-hydrogen) atoms. The van der Waals surface area contributed by atoms with E-state index < -0.39 is 0 Å². The zero-order valence-corrected chi connectivity index (χ0v) is 22.2. The van der Waals surface area contributed by atoms with Crippen LogP contribution in [-0.4, -0.2) is 17.9 Å². The van der Waals surface area contributed by atoms with Crippen LogP contribution >= 0.6 is 34.8 Å². The largest absolute Gasteiger partial charge is 0.305 e. The van der Waals surface area contributed by atoms with Gasteiger partial charge in [0.05, 0.1) is 16.1 Å². The van der Waals surface area contributed by atoms with Crippen molar-refractivity contribution >= 4 is 58.0 Å². The number of hydrogen-bond donors (Lipinski definition) is 0. The second-order valence-corrected chi connectivity index (χ2v) is 10.2. The van der Waals surface area contributed by atoms with Crippen LogP contribution in [0.5, 0.6) is 0 Å². The predicted molar refractivity (Wildman–Crippen MR) is 151 cm³/mol. The van der Waals surface area contributed by atoms with Gasteiger partial charge in [-0.15, -0.1) is 0 Å². The van der Waals surface area contributed by atoms with Crippen LogP contribution < -0.4 is 9.80 Å². The van der Waals surface area contributed by atoms with Crippen molar-refractivity contribution < 1.29 is 9.59 Å². The average molecular weight is 550 g/mol. The van der Waals surface area contributed by atoms with Crippen LogP contribution in [-0.2, 0) is 0 Å². The Morgan fingerprint density at radius 2 is 1.43 bits per heavy atom. The maximum atomic E-state index is 14.0.